The van der Waals surface area contributed by atoms with Crippen molar-refractivity contribution in [2.45, 2.75) is 118 Å². The van der Waals surface area contributed by atoms with E-state index in [0.717, 1.165) is 12.8 Å². The predicted octanol–water partition coefficient (Wildman–Crippen LogP) is 22.4. The van der Waals surface area contributed by atoms with Crippen LogP contribution in [0.5, 0.6) is 0 Å². The Hall–Kier alpha value is -8.78. The number of fused-ring (bicyclic) bond motifs is 16. The Labute approximate surface area is 514 Å². The zero-order valence-electron chi connectivity index (χ0n) is 50.8. The minimum absolute atomic E-state index is 0.0976. The molecule has 0 aromatic heterocycles. The molecule has 0 heterocycles. The normalized spacial score (nSPS) is 23.8. The first-order chi connectivity index (χ1) is 42.5. The van der Waals surface area contributed by atoms with Gasteiger partial charge in [-0.1, -0.05) is 253 Å². The summed E-state index contributed by atoms with van der Waals surface area (Å²) in [5.74, 6) is 1.16. The van der Waals surface area contributed by atoms with Gasteiger partial charge in [0.15, 0.2) is 0 Å². The topological polar surface area (TPSA) is 3.24 Å². The highest BCUT2D eigenvalue weighted by atomic mass is 15.1. The lowest BCUT2D eigenvalue weighted by molar-refractivity contribution is -0.0728. The molecule has 1 heteroatoms. The first kappa shape index (κ1) is 51.4. The summed E-state index contributed by atoms with van der Waals surface area (Å²) in [5.41, 5.74) is 34.3. The Morgan fingerprint density at radius 1 is 0.333 bits per heavy atom. The molecule has 11 aromatic rings. The lowest BCUT2D eigenvalue weighted by Gasteiger charge is -2.70. The monoisotopic (exact) mass is 1120 g/mol. The third kappa shape index (κ3) is 6.92. The Kier molecular flexibility index (Phi) is 10.9. The zero-order valence-corrected chi connectivity index (χ0v) is 50.8. The molecule has 422 valence electrons. The average Bonchev–Trinajstić information content (AvgIpc) is 1.68. The summed E-state index contributed by atoms with van der Waals surface area (Å²) in [6, 6.07) is 98.1. The molecule has 2 spiro atoms. The molecular weight excluding hydrogens is 1050 g/mol. The Bertz CT molecular complexity index is 4680. The second-order valence-electron chi connectivity index (χ2n) is 28.4. The van der Waals surface area contributed by atoms with Crippen molar-refractivity contribution >= 4 is 17.1 Å². The molecule has 87 heavy (non-hydrogen) atoms. The van der Waals surface area contributed by atoms with Crippen LogP contribution in [0.1, 0.15) is 140 Å². The van der Waals surface area contributed by atoms with Crippen molar-refractivity contribution in [1.82, 2.24) is 0 Å². The van der Waals surface area contributed by atoms with Gasteiger partial charge in [0.05, 0.1) is 5.69 Å². The first-order valence-corrected chi connectivity index (χ1v) is 32.5. The van der Waals surface area contributed by atoms with E-state index in [-0.39, 0.29) is 27.1 Å². The van der Waals surface area contributed by atoms with Crippen LogP contribution in [0.3, 0.4) is 0 Å². The number of nitrogens with zero attached hydrogens (tertiary/aromatic N) is 1. The first-order valence-electron chi connectivity index (χ1n) is 32.5. The van der Waals surface area contributed by atoms with Gasteiger partial charge in [0, 0.05) is 38.4 Å². The van der Waals surface area contributed by atoms with Gasteiger partial charge in [-0.15, -0.1) is 0 Å². The van der Waals surface area contributed by atoms with Gasteiger partial charge in [-0.3, -0.25) is 0 Å². The van der Waals surface area contributed by atoms with Crippen LogP contribution in [-0.4, -0.2) is 0 Å². The summed E-state index contributed by atoms with van der Waals surface area (Å²) in [6.07, 6.45) is 8.22. The SMILES string of the molecule is Cc1ccccc1-c1ccccc1C12CCCC34CC(CC5(CC(C1)c1ccccc1-c1ccccc15)C23)c1ccccc1-c1c(-c2ccc(N(c3ccc5c(c3)C(C)(C)c3ccccc3-5)c3cccc5c3C(C)(C)c3ccccc3-5)cc2)cccc14. The molecule has 11 aromatic carbocycles. The van der Waals surface area contributed by atoms with Gasteiger partial charge in [-0.05, 0) is 216 Å². The van der Waals surface area contributed by atoms with Crippen molar-refractivity contribution in [1.29, 1.82) is 0 Å². The molecule has 3 saturated carbocycles. The molecule has 6 unspecified atom stereocenters. The van der Waals surface area contributed by atoms with Gasteiger partial charge in [0.25, 0.3) is 0 Å². The quantitative estimate of drug-likeness (QED) is 0.160. The van der Waals surface area contributed by atoms with E-state index in [1.54, 1.807) is 27.8 Å². The molecule has 0 aliphatic heterocycles. The van der Waals surface area contributed by atoms with Gasteiger partial charge in [0.2, 0.25) is 0 Å². The number of anilines is 3. The average molecular weight is 1120 g/mol. The molecule has 7 aliphatic rings. The maximum absolute atomic E-state index is 2.64. The van der Waals surface area contributed by atoms with Gasteiger partial charge in [-0.2, -0.15) is 0 Å². The van der Waals surface area contributed by atoms with E-state index in [4.69, 9.17) is 0 Å². The molecule has 0 amide bonds. The summed E-state index contributed by atoms with van der Waals surface area (Å²) >= 11 is 0. The summed E-state index contributed by atoms with van der Waals surface area (Å²) in [4.78, 5) is 2.59. The molecule has 0 radical (unpaired) electrons. The number of hydrogen-bond acceptors (Lipinski definition) is 1. The molecule has 4 bridgehead atoms. The summed E-state index contributed by atoms with van der Waals surface area (Å²) < 4.78 is 0. The number of hydrogen-bond donors (Lipinski definition) is 0. The highest BCUT2D eigenvalue weighted by Crippen LogP contribution is 2.77. The third-order valence-corrected chi connectivity index (χ3v) is 23.7. The van der Waals surface area contributed by atoms with E-state index in [9.17, 15) is 0 Å². The fraction of sp³-hybridized carbons (Fsp3) is 0.233. The fourth-order valence-corrected chi connectivity index (χ4v) is 20.8. The van der Waals surface area contributed by atoms with E-state index >= 15 is 0 Å². The van der Waals surface area contributed by atoms with Crippen molar-refractivity contribution in [3.8, 4) is 66.8 Å². The van der Waals surface area contributed by atoms with Crippen LogP contribution in [-0.2, 0) is 27.1 Å². The lowest BCUT2D eigenvalue weighted by atomic mass is 9.33. The van der Waals surface area contributed by atoms with Crippen molar-refractivity contribution in [3.05, 3.63) is 304 Å². The number of rotatable bonds is 6. The molecule has 0 saturated heterocycles. The van der Waals surface area contributed by atoms with Crippen LogP contribution in [0.15, 0.2) is 249 Å². The lowest BCUT2D eigenvalue weighted by Crippen LogP contribution is -2.66. The minimum atomic E-state index is -0.209. The van der Waals surface area contributed by atoms with Gasteiger partial charge < -0.3 is 4.90 Å². The Morgan fingerprint density at radius 2 is 0.782 bits per heavy atom. The number of benzene rings is 11. The maximum Gasteiger partial charge on any atom is 0.0508 e. The third-order valence-electron chi connectivity index (χ3n) is 23.7. The van der Waals surface area contributed by atoms with Crippen LogP contribution in [0.25, 0.3) is 66.8 Å². The summed E-state index contributed by atoms with van der Waals surface area (Å²) in [6.45, 7) is 12.0. The Balaban J connectivity index is 0.855. The minimum Gasteiger partial charge on any atom is -0.310 e. The molecule has 6 atom stereocenters. The zero-order chi connectivity index (χ0) is 58.2. The van der Waals surface area contributed by atoms with Crippen LogP contribution in [0, 0.1) is 12.8 Å². The summed E-state index contributed by atoms with van der Waals surface area (Å²) in [5, 5.41) is 0. The van der Waals surface area contributed by atoms with E-state index in [0.29, 0.717) is 17.8 Å². The Morgan fingerprint density at radius 3 is 1.46 bits per heavy atom. The predicted molar refractivity (Wildman–Crippen MR) is 362 cm³/mol. The molecule has 1 nitrogen and oxygen atoms in total. The molecule has 3 fully saturated rings. The smallest absolute Gasteiger partial charge is 0.0508 e. The van der Waals surface area contributed by atoms with E-state index in [2.05, 4.69) is 288 Å². The van der Waals surface area contributed by atoms with Gasteiger partial charge in [-0.25, -0.2) is 0 Å². The van der Waals surface area contributed by atoms with E-state index < -0.39 is 0 Å². The summed E-state index contributed by atoms with van der Waals surface area (Å²) in [7, 11) is 0. The largest absolute Gasteiger partial charge is 0.310 e. The van der Waals surface area contributed by atoms with Crippen LogP contribution in [0.4, 0.5) is 17.1 Å². The molecule has 0 N–H and O–H groups in total. The highest BCUT2D eigenvalue weighted by Gasteiger charge is 2.71. The van der Waals surface area contributed by atoms with Crippen LogP contribution >= 0.6 is 0 Å². The van der Waals surface area contributed by atoms with E-state index in [1.165, 1.54) is 144 Å². The maximum atomic E-state index is 2.64. The van der Waals surface area contributed by atoms with Crippen LogP contribution in [0.2, 0.25) is 0 Å². The standard InChI is InChI=1S/C86H73N/c1-54-23-6-7-24-60(54)65-28-14-18-37-74(65)84-47-22-48-85-51-57(53-86(81(84)85)52-56(50-84)61-25-8-10-27-64(61)66-29-15-19-38-75(66)86)62-26-9-11-32-70(62)79-63(33-20-39-76(79)85)55-41-43-58(44-42-55)87(59-45-46-69-67-30-12-16-35-72(67)82(2,3)77(69)49-59)78-40-21-34-71-68-31-13-17-36-73(68)83(4,5)80(71)78/h6-21,23-46,49,56-57,81H,22,47-48,50-53H2,1-5H3. The molecule has 18 rings (SSSR count). The van der Waals surface area contributed by atoms with Crippen molar-refractivity contribution in [2.75, 3.05) is 4.90 Å². The second kappa shape index (κ2) is 18.4. The van der Waals surface area contributed by atoms with Crippen LogP contribution < -0.4 is 4.90 Å². The number of aryl methyl sites for hydroxylation is 1. The van der Waals surface area contributed by atoms with Gasteiger partial charge >= 0.3 is 0 Å². The van der Waals surface area contributed by atoms with Crippen molar-refractivity contribution in [2.24, 2.45) is 5.92 Å². The van der Waals surface area contributed by atoms with E-state index in [1.807, 2.05) is 0 Å². The molecule has 7 aliphatic carbocycles. The fourth-order valence-electron chi connectivity index (χ4n) is 20.8. The van der Waals surface area contributed by atoms with Crippen molar-refractivity contribution in [3.63, 3.8) is 0 Å². The second-order valence-corrected chi connectivity index (χ2v) is 28.4. The highest BCUT2D eigenvalue weighted by molar-refractivity contribution is 5.94. The molecular formula is C86H73N. The van der Waals surface area contributed by atoms with Gasteiger partial charge in [0.1, 0.15) is 0 Å². The van der Waals surface area contributed by atoms with Crippen molar-refractivity contribution < 1.29 is 0 Å².